The number of likely N-dealkylation sites (tertiary alicyclic amines) is 1. The molecule has 3 aliphatic rings. The lowest BCUT2D eigenvalue weighted by atomic mass is 9.88. The van der Waals surface area contributed by atoms with Gasteiger partial charge >= 0.3 is 0 Å². The van der Waals surface area contributed by atoms with Gasteiger partial charge in [0.15, 0.2) is 5.84 Å². The zero-order chi connectivity index (χ0) is 21.9. The smallest absolute Gasteiger partial charge is 0.262 e. The second-order valence-electron chi connectivity index (χ2n) is 9.22. The number of aryl methyl sites for hydroxylation is 1. The SMILES string of the molecule is Cc1ccccc1-c1cc2c(cc1N(C)C1(C)CN(C)C1)N1C(=NNC(=O)C1C)CO2. The van der Waals surface area contributed by atoms with Gasteiger partial charge in [0.2, 0.25) is 0 Å². The highest BCUT2D eigenvalue weighted by molar-refractivity contribution is 6.10. The number of hydrogen-bond donors (Lipinski definition) is 1. The van der Waals surface area contributed by atoms with Crippen molar-refractivity contribution in [1.82, 2.24) is 10.3 Å². The van der Waals surface area contributed by atoms with Crippen molar-refractivity contribution in [2.45, 2.75) is 32.4 Å². The number of likely N-dealkylation sites (N-methyl/N-ethyl adjacent to an activating group) is 2. The van der Waals surface area contributed by atoms with Crippen LogP contribution in [0, 0.1) is 6.92 Å². The van der Waals surface area contributed by atoms with Gasteiger partial charge in [0.1, 0.15) is 18.4 Å². The molecule has 2 aromatic carbocycles. The summed E-state index contributed by atoms with van der Waals surface area (Å²) in [6.07, 6.45) is 0. The average Bonchev–Trinajstić information content (AvgIpc) is 2.74. The van der Waals surface area contributed by atoms with E-state index in [0.29, 0.717) is 6.61 Å². The van der Waals surface area contributed by atoms with Gasteiger partial charge in [0.25, 0.3) is 5.91 Å². The first-order chi connectivity index (χ1) is 14.8. The number of ether oxygens (including phenoxy) is 1. The Balaban J connectivity index is 1.70. The van der Waals surface area contributed by atoms with Crippen molar-refractivity contribution >= 4 is 23.1 Å². The first-order valence-corrected chi connectivity index (χ1v) is 10.7. The van der Waals surface area contributed by atoms with Gasteiger partial charge in [-0.2, -0.15) is 5.10 Å². The number of hydrazone groups is 1. The summed E-state index contributed by atoms with van der Waals surface area (Å²) in [7, 11) is 4.32. The Bertz CT molecular complexity index is 1090. The van der Waals surface area contributed by atoms with Crippen LogP contribution in [0.4, 0.5) is 11.4 Å². The van der Waals surface area contributed by atoms with E-state index in [1.807, 2.05) is 11.8 Å². The van der Waals surface area contributed by atoms with Crippen LogP contribution in [0.2, 0.25) is 0 Å². The molecule has 1 atom stereocenters. The third kappa shape index (κ3) is 3.07. The van der Waals surface area contributed by atoms with Crippen LogP contribution in [-0.2, 0) is 4.79 Å². The molecular formula is C24H29N5O2. The van der Waals surface area contributed by atoms with Gasteiger partial charge in [-0.25, -0.2) is 5.43 Å². The molecule has 0 radical (unpaired) electrons. The second kappa shape index (κ2) is 6.99. The van der Waals surface area contributed by atoms with E-state index in [1.165, 1.54) is 11.1 Å². The number of nitrogens with one attached hydrogen (secondary N) is 1. The Kier molecular flexibility index (Phi) is 4.48. The quantitative estimate of drug-likeness (QED) is 0.829. The molecule has 0 bridgehead atoms. The van der Waals surface area contributed by atoms with E-state index in [1.54, 1.807) is 0 Å². The maximum Gasteiger partial charge on any atom is 0.262 e. The lowest BCUT2D eigenvalue weighted by molar-refractivity contribution is -0.122. The van der Waals surface area contributed by atoms with Crippen LogP contribution in [0.1, 0.15) is 19.4 Å². The molecule has 7 nitrogen and oxygen atoms in total. The van der Waals surface area contributed by atoms with E-state index >= 15 is 0 Å². The van der Waals surface area contributed by atoms with Crippen molar-refractivity contribution < 1.29 is 9.53 Å². The van der Waals surface area contributed by atoms with Crippen molar-refractivity contribution in [2.24, 2.45) is 5.10 Å². The van der Waals surface area contributed by atoms with E-state index in [9.17, 15) is 4.79 Å². The number of anilines is 2. The van der Waals surface area contributed by atoms with Crippen LogP contribution in [-0.4, -0.2) is 62.0 Å². The predicted octanol–water partition coefficient (Wildman–Crippen LogP) is 2.83. The molecule has 7 heteroatoms. The van der Waals surface area contributed by atoms with E-state index < -0.39 is 0 Å². The Morgan fingerprint density at radius 2 is 1.97 bits per heavy atom. The molecule has 5 rings (SSSR count). The summed E-state index contributed by atoms with van der Waals surface area (Å²) in [5.41, 5.74) is 8.22. The summed E-state index contributed by atoms with van der Waals surface area (Å²) in [6.45, 7) is 8.68. The van der Waals surface area contributed by atoms with Gasteiger partial charge in [0.05, 0.1) is 11.2 Å². The molecule has 0 aromatic heterocycles. The molecule has 1 saturated heterocycles. The molecule has 3 heterocycles. The van der Waals surface area contributed by atoms with Gasteiger partial charge in [-0.15, -0.1) is 0 Å². The first-order valence-electron chi connectivity index (χ1n) is 10.7. The van der Waals surface area contributed by atoms with Gasteiger partial charge in [-0.1, -0.05) is 24.3 Å². The lowest BCUT2D eigenvalue weighted by Crippen LogP contribution is -2.66. The van der Waals surface area contributed by atoms with E-state index in [0.717, 1.165) is 41.6 Å². The summed E-state index contributed by atoms with van der Waals surface area (Å²) in [5.74, 6) is 1.40. The molecule has 0 spiro atoms. The monoisotopic (exact) mass is 419 g/mol. The van der Waals surface area contributed by atoms with Gasteiger partial charge < -0.3 is 19.4 Å². The van der Waals surface area contributed by atoms with Crippen molar-refractivity contribution in [3.8, 4) is 16.9 Å². The Labute approximate surface area is 183 Å². The molecule has 0 aliphatic carbocycles. The third-order valence-corrected chi connectivity index (χ3v) is 6.86. The number of carbonyl (C=O) groups excluding carboxylic acids is 1. The highest BCUT2D eigenvalue weighted by Crippen LogP contribution is 2.46. The van der Waals surface area contributed by atoms with E-state index in [-0.39, 0.29) is 17.5 Å². The van der Waals surface area contributed by atoms with Crippen molar-refractivity contribution in [1.29, 1.82) is 0 Å². The molecule has 1 N–H and O–H groups in total. The highest BCUT2D eigenvalue weighted by Gasteiger charge is 2.42. The number of benzene rings is 2. The molecule has 1 fully saturated rings. The Hall–Kier alpha value is -3.06. The predicted molar refractivity (Wildman–Crippen MR) is 124 cm³/mol. The minimum absolute atomic E-state index is 0.0394. The Morgan fingerprint density at radius 1 is 1.23 bits per heavy atom. The minimum Gasteiger partial charge on any atom is -0.483 e. The van der Waals surface area contributed by atoms with Crippen LogP contribution in [0.3, 0.4) is 0 Å². The first kappa shape index (κ1) is 19.9. The topological polar surface area (TPSA) is 60.4 Å². The number of fused-ring (bicyclic) bond motifs is 3. The standard InChI is InChI=1S/C24H29N5O2/c1-15-8-6-7-9-17(15)18-10-21-20(11-19(18)28(5)24(3)13-27(4)14-24)29-16(2)23(30)26-25-22(29)12-31-21/h6-11,16H,12-14H2,1-5H3,(H,26,30). The summed E-state index contributed by atoms with van der Waals surface area (Å²) in [5, 5.41) is 4.23. The van der Waals surface area contributed by atoms with Crippen LogP contribution in [0.15, 0.2) is 41.5 Å². The fourth-order valence-corrected chi connectivity index (χ4v) is 5.05. The third-order valence-electron chi connectivity index (χ3n) is 6.86. The molecule has 162 valence electrons. The summed E-state index contributed by atoms with van der Waals surface area (Å²) >= 11 is 0. The maximum absolute atomic E-state index is 12.3. The van der Waals surface area contributed by atoms with Gasteiger partial charge in [-0.3, -0.25) is 4.79 Å². The number of carbonyl (C=O) groups is 1. The zero-order valence-corrected chi connectivity index (χ0v) is 18.8. The molecular weight excluding hydrogens is 390 g/mol. The fraction of sp³-hybridized carbons (Fsp3) is 0.417. The highest BCUT2D eigenvalue weighted by atomic mass is 16.5. The summed E-state index contributed by atoms with van der Waals surface area (Å²) in [4.78, 5) is 19.1. The number of rotatable bonds is 3. The van der Waals surface area contributed by atoms with Crippen LogP contribution < -0.4 is 20.0 Å². The summed E-state index contributed by atoms with van der Waals surface area (Å²) in [6, 6.07) is 12.4. The molecule has 1 unspecified atom stereocenters. The minimum atomic E-state index is -0.344. The fourth-order valence-electron chi connectivity index (χ4n) is 5.05. The van der Waals surface area contributed by atoms with Gasteiger partial charge in [-0.05, 0) is 51.1 Å². The number of hydrogen-bond acceptors (Lipinski definition) is 6. The largest absolute Gasteiger partial charge is 0.483 e. The van der Waals surface area contributed by atoms with Crippen LogP contribution in [0.5, 0.6) is 5.75 Å². The number of amidine groups is 1. The second-order valence-corrected chi connectivity index (χ2v) is 9.22. The van der Waals surface area contributed by atoms with Crippen LogP contribution in [0.25, 0.3) is 11.1 Å². The summed E-state index contributed by atoms with van der Waals surface area (Å²) < 4.78 is 6.11. The average molecular weight is 420 g/mol. The lowest BCUT2D eigenvalue weighted by Gasteiger charge is -2.53. The van der Waals surface area contributed by atoms with Crippen molar-refractivity contribution in [2.75, 3.05) is 43.6 Å². The normalized spacial score (nSPS) is 21.8. The number of nitrogens with zero attached hydrogens (tertiary/aromatic N) is 4. The molecule has 1 amide bonds. The molecule has 31 heavy (non-hydrogen) atoms. The molecule has 0 saturated carbocycles. The van der Waals surface area contributed by atoms with E-state index in [4.69, 9.17) is 4.74 Å². The van der Waals surface area contributed by atoms with E-state index in [2.05, 4.69) is 84.7 Å². The Morgan fingerprint density at radius 3 is 2.68 bits per heavy atom. The molecule has 2 aromatic rings. The maximum atomic E-state index is 12.3. The van der Waals surface area contributed by atoms with Crippen molar-refractivity contribution in [3.63, 3.8) is 0 Å². The number of amides is 1. The van der Waals surface area contributed by atoms with Crippen molar-refractivity contribution in [3.05, 3.63) is 42.0 Å². The zero-order valence-electron chi connectivity index (χ0n) is 18.8. The van der Waals surface area contributed by atoms with Crippen LogP contribution >= 0.6 is 0 Å². The van der Waals surface area contributed by atoms with Gasteiger partial charge in [0, 0.05) is 31.4 Å². The molecule has 3 aliphatic heterocycles.